The monoisotopic (exact) mass is 393 g/mol. The van der Waals surface area contributed by atoms with Gasteiger partial charge >= 0.3 is 0 Å². The number of benzene rings is 1. The zero-order valence-corrected chi connectivity index (χ0v) is 17.3. The van der Waals surface area contributed by atoms with Crippen LogP contribution in [0.5, 0.6) is 0 Å². The summed E-state index contributed by atoms with van der Waals surface area (Å²) in [4.78, 5) is 28.0. The predicted octanol–water partition coefficient (Wildman–Crippen LogP) is 3.53. The Kier molecular flexibility index (Phi) is 5.74. The number of rotatable bonds is 5. The number of carbonyl (C=O) groups is 2. The van der Waals surface area contributed by atoms with Gasteiger partial charge in [-0.05, 0) is 41.5 Å². The summed E-state index contributed by atoms with van der Waals surface area (Å²) >= 11 is 0. The van der Waals surface area contributed by atoms with E-state index in [2.05, 4.69) is 34.4 Å². The van der Waals surface area contributed by atoms with Gasteiger partial charge in [0, 0.05) is 45.4 Å². The van der Waals surface area contributed by atoms with Crippen LogP contribution in [0.1, 0.15) is 49.7 Å². The summed E-state index contributed by atoms with van der Waals surface area (Å²) in [7, 11) is 1.65. The molecule has 0 radical (unpaired) electrons. The largest absolute Gasteiger partial charge is 0.357 e. The van der Waals surface area contributed by atoms with Crippen molar-refractivity contribution in [2.75, 3.05) is 7.05 Å². The number of fused-ring (bicyclic) bond motifs is 1. The Morgan fingerprint density at radius 1 is 1.03 bits per heavy atom. The topological polar surface area (TPSA) is 54.3 Å². The van der Waals surface area contributed by atoms with Gasteiger partial charge in [0.2, 0.25) is 11.8 Å². The second-order valence-corrected chi connectivity index (χ2v) is 8.72. The number of nitrogens with zero attached hydrogens (tertiary/aromatic N) is 2. The highest BCUT2D eigenvalue weighted by Crippen LogP contribution is 2.42. The third-order valence-corrected chi connectivity index (χ3v) is 6.74. The molecule has 1 aliphatic carbocycles. The highest BCUT2D eigenvalue weighted by atomic mass is 16.2. The molecule has 4 rings (SSSR count). The average molecular weight is 394 g/mol. The first-order chi connectivity index (χ1) is 14.1. The Morgan fingerprint density at radius 2 is 1.72 bits per heavy atom. The van der Waals surface area contributed by atoms with E-state index in [4.69, 9.17) is 0 Å². The van der Waals surface area contributed by atoms with E-state index in [9.17, 15) is 9.59 Å². The van der Waals surface area contributed by atoms with E-state index in [-0.39, 0.29) is 17.2 Å². The van der Waals surface area contributed by atoms with Crippen LogP contribution in [0.15, 0.2) is 48.8 Å². The van der Waals surface area contributed by atoms with Crippen LogP contribution < -0.4 is 5.32 Å². The number of amides is 2. The molecule has 2 heterocycles. The third-order valence-electron chi connectivity index (χ3n) is 6.74. The van der Waals surface area contributed by atoms with Crippen LogP contribution in [0.4, 0.5) is 0 Å². The second-order valence-electron chi connectivity index (χ2n) is 8.72. The van der Waals surface area contributed by atoms with E-state index >= 15 is 0 Å². The molecule has 0 saturated heterocycles. The van der Waals surface area contributed by atoms with Crippen molar-refractivity contribution in [2.24, 2.45) is 5.41 Å². The molecule has 0 bridgehead atoms. The molecule has 0 spiro atoms. The van der Waals surface area contributed by atoms with Gasteiger partial charge in [0.1, 0.15) is 6.04 Å². The van der Waals surface area contributed by atoms with Crippen LogP contribution in [0.25, 0.3) is 0 Å². The minimum absolute atomic E-state index is 0.0153. The summed E-state index contributed by atoms with van der Waals surface area (Å²) in [5.41, 5.74) is 2.31. The maximum atomic E-state index is 13.6. The lowest BCUT2D eigenvalue weighted by molar-refractivity contribution is -0.144. The zero-order chi connectivity index (χ0) is 20.3. The summed E-state index contributed by atoms with van der Waals surface area (Å²) in [6, 6.07) is 11.8. The van der Waals surface area contributed by atoms with Crippen LogP contribution in [-0.4, -0.2) is 34.4 Å². The maximum absolute atomic E-state index is 13.6. The van der Waals surface area contributed by atoms with Gasteiger partial charge in [0.15, 0.2) is 0 Å². The van der Waals surface area contributed by atoms with Gasteiger partial charge in [-0.25, -0.2) is 0 Å². The van der Waals surface area contributed by atoms with Crippen molar-refractivity contribution in [3.05, 3.63) is 59.9 Å². The molecule has 1 aromatic carbocycles. The highest BCUT2D eigenvalue weighted by molar-refractivity contribution is 5.88. The van der Waals surface area contributed by atoms with E-state index in [0.717, 1.165) is 24.9 Å². The van der Waals surface area contributed by atoms with Crippen LogP contribution in [0.2, 0.25) is 0 Å². The number of hydrogen-bond acceptors (Lipinski definition) is 2. The number of hydrogen-bond donors (Lipinski definition) is 1. The Labute approximate surface area is 173 Å². The van der Waals surface area contributed by atoms with Crippen molar-refractivity contribution in [2.45, 2.75) is 64.1 Å². The molecule has 2 amide bonds. The fourth-order valence-corrected chi connectivity index (χ4v) is 5.16. The number of nitrogens with one attached hydrogen (secondary N) is 1. The minimum Gasteiger partial charge on any atom is -0.357 e. The molecule has 2 aromatic rings. The fraction of sp³-hybridized carbons (Fsp3) is 0.500. The van der Waals surface area contributed by atoms with Gasteiger partial charge in [-0.15, -0.1) is 0 Å². The summed E-state index contributed by atoms with van der Waals surface area (Å²) in [5.74, 6) is 0.0399. The van der Waals surface area contributed by atoms with Crippen molar-refractivity contribution < 1.29 is 9.59 Å². The first-order valence-corrected chi connectivity index (χ1v) is 10.8. The molecule has 29 heavy (non-hydrogen) atoms. The first-order valence-electron chi connectivity index (χ1n) is 10.8. The molecule has 5 heteroatoms. The Bertz CT molecular complexity index is 853. The minimum atomic E-state index is -0.422. The van der Waals surface area contributed by atoms with Crippen molar-refractivity contribution in [3.8, 4) is 0 Å². The highest BCUT2D eigenvalue weighted by Gasteiger charge is 2.40. The molecule has 1 fully saturated rings. The molecule has 2 aliphatic rings. The van der Waals surface area contributed by atoms with Crippen LogP contribution >= 0.6 is 0 Å². The normalized spacial score (nSPS) is 20.7. The van der Waals surface area contributed by atoms with Gasteiger partial charge in [-0.3, -0.25) is 9.59 Å². The van der Waals surface area contributed by atoms with Gasteiger partial charge in [-0.1, -0.05) is 43.5 Å². The number of carbonyl (C=O) groups excluding carboxylic acids is 2. The van der Waals surface area contributed by atoms with Crippen molar-refractivity contribution >= 4 is 11.8 Å². The molecular weight excluding hydrogens is 362 g/mol. The van der Waals surface area contributed by atoms with Crippen LogP contribution in [0, 0.1) is 5.41 Å². The summed E-state index contributed by atoms with van der Waals surface area (Å²) in [6.07, 6.45) is 11.0. The zero-order valence-electron chi connectivity index (χ0n) is 17.3. The second kappa shape index (κ2) is 8.44. The third kappa shape index (κ3) is 4.24. The molecule has 1 atom stereocenters. The average Bonchev–Trinajstić information content (AvgIpc) is 3.25. The standard InChI is InChI=1S/C24H31N3O2/c1-25-23(29)21-15-19-9-3-4-10-20(19)17-27(21)22(28)16-24(11-5-2-6-12-24)18-26-13-7-8-14-26/h3-4,7-10,13-14,21H,2,5-6,11-12,15-18H2,1H3,(H,25,29)/t21-/m0/s1. The van der Waals surface area contributed by atoms with Crippen LogP contribution in [-0.2, 0) is 29.1 Å². The van der Waals surface area contributed by atoms with Gasteiger partial charge in [-0.2, -0.15) is 0 Å². The molecule has 1 aromatic heterocycles. The Balaban J connectivity index is 1.57. The fourth-order valence-electron chi connectivity index (χ4n) is 5.16. The molecule has 1 aliphatic heterocycles. The SMILES string of the molecule is CNC(=O)[C@@H]1Cc2ccccc2CN1C(=O)CC1(Cn2cccc2)CCCCC1. The van der Waals surface area contributed by atoms with Gasteiger partial charge < -0.3 is 14.8 Å². The van der Waals surface area contributed by atoms with Gasteiger partial charge in [0.25, 0.3) is 0 Å². The van der Waals surface area contributed by atoms with Crippen molar-refractivity contribution in [1.29, 1.82) is 0 Å². The molecular formula is C24H31N3O2. The Hall–Kier alpha value is -2.56. The quantitative estimate of drug-likeness (QED) is 0.845. The van der Waals surface area contributed by atoms with Crippen LogP contribution in [0.3, 0.4) is 0 Å². The number of likely N-dealkylation sites (N-methyl/N-ethyl adjacent to an activating group) is 1. The van der Waals surface area contributed by atoms with Crippen molar-refractivity contribution in [1.82, 2.24) is 14.8 Å². The maximum Gasteiger partial charge on any atom is 0.242 e. The molecule has 0 unspecified atom stereocenters. The van der Waals surface area contributed by atoms with E-state index in [1.165, 1.54) is 24.8 Å². The Morgan fingerprint density at radius 3 is 2.41 bits per heavy atom. The predicted molar refractivity (Wildman–Crippen MR) is 113 cm³/mol. The summed E-state index contributed by atoms with van der Waals surface area (Å²) < 4.78 is 2.21. The van der Waals surface area contributed by atoms with E-state index in [1.54, 1.807) is 7.05 Å². The smallest absolute Gasteiger partial charge is 0.242 e. The molecule has 5 nitrogen and oxygen atoms in total. The molecule has 1 N–H and O–H groups in total. The van der Waals surface area contributed by atoms with E-state index in [0.29, 0.717) is 19.4 Å². The lowest BCUT2D eigenvalue weighted by Gasteiger charge is -2.41. The summed E-state index contributed by atoms with van der Waals surface area (Å²) in [5, 5.41) is 2.76. The molecule has 1 saturated carbocycles. The van der Waals surface area contributed by atoms with E-state index < -0.39 is 6.04 Å². The number of aromatic nitrogens is 1. The van der Waals surface area contributed by atoms with E-state index in [1.807, 2.05) is 29.2 Å². The lowest BCUT2D eigenvalue weighted by atomic mass is 9.71. The van der Waals surface area contributed by atoms with Gasteiger partial charge in [0.05, 0.1) is 0 Å². The molecule has 154 valence electrons. The lowest BCUT2D eigenvalue weighted by Crippen LogP contribution is -2.53. The van der Waals surface area contributed by atoms with Crippen molar-refractivity contribution in [3.63, 3.8) is 0 Å². The first kappa shape index (κ1) is 19.7. The summed E-state index contributed by atoms with van der Waals surface area (Å²) in [6.45, 7) is 1.40.